The molecule has 0 spiro atoms. The summed E-state index contributed by atoms with van der Waals surface area (Å²) in [5, 5.41) is 2.65. The van der Waals surface area contributed by atoms with Crippen LogP contribution in [-0.2, 0) is 4.74 Å². The Morgan fingerprint density at radius 1 is 1.16 bits per heavy atom. The predicted molar refractivity (Wildman–Crippen MR) is 118 cm³/mol. The largest absolute Gasteiger partial charge is 0.573 e. The van der Waals surface area contributed by atoms with Crippen molar-refractivity contribution >= 4 is 29.6 Å². The summed E-state index contributed by atoms with van der Waals surface area (Å²) < 4.78 is 45.6. The Morgan fingerprint density at radius 3 is 2.41 bits per heavy atom. The van der Waals surface area contributed by atoms with E-state index >= 15 is 0 Å². The van der Waals surface area contributed by atoms with Crippen LogP contribution in [-0.4, -0.2) is 30.7 Å². The van der Waals surface area contributed by atoms with Crippen LogP contribution in [0.1, 0.15) is 38.7 Å². The second-order valence-electron chi connectivity index (χ2n) is 6.86. The number of alkyl halides is 3. The quantitative estimate of drug-likeness (QED) is 0.374. The van der Waals surface area contributed by atoms with Crippen molar-refractivity contribution in [1.29, 1.82) is 0 Å². The number of nitrogens with zero attached hydrogens (tertiary/aromatic N) is 2. The molecule has 1 amide bonds. The fourth-order valence-corrected chi connectivity index (χ4v) is 2.57. The van der Waals surface area contributed by atoms with Crippen LogP contribution in [0.2, 0.25) is 0 Å². The van der Waals surface area contributed by atoms with Gasteiger partial charge in [0, 0.05) is 11.3 Å². The summed E-state index contributed by atoms with van der Waals surface area (Å²) in [7, 11) is 0. The lowest BCUT2D eigenvalue weighted by Crippen LogP contribution is -2.20. The number of nitrogens with two attached hydrogens (primary N) is 1. The topological polar surface area (TPSA) is 98.3 Å². The highest BCUT2D eigenvalue weighted by molar-refractivity contribution is 6.01. The van der Waals surface area contributed by atoms with Crippen LogP contribution in [0.15, 0.2) is 58.5 Å². The zero-order valence-corrected chi connectivity index (χ0v) is 17.7. The van der Waals surface area contributed by atoms with E-state index in [9.17, 15) is 18.0 Å². The van der Waals surface area contributed by atoms with Crippen LogP contribution in [0, 0.1) is 0 Å². The predicted octanol–water partition coefficient (Wildman–Crippen LogP) is 5.78. The molecule has 2 aromatic carbocycles. The number of halogens is 3. The van der Waals surface area contributed by atoms with Gasteiger partial charge in [0.25, 0.3) is 0 Å². The number of carbonyl (C=O) groups is 1. The average molecular weight is 450 g/mol. The monoisotopic (exact) mass is 450 g/mol. The SMILES string of the molecule is CCCCC(C)OC(=O)Nc1ccc(C(N)=NC=Nc2ccc(OC(F)(F)F)cc2)cc1. The molecule has 0 aliphatic heterocycles. The minimum Gasteiger partial charge on any atom is -0.446 e. The number of amidine groups is 1. The molecule has 0 aromatic heterocycles. The van der Waals surface area contributed by atoms with Crippen LogP contribution >= 0.6 is 0 Å². The Kier molecular flexibility index (Phi) is 9.06. The highest BCUT2D eigenvalue weighted by Crippen LogP contribution is 2.24. The molecular formula is C22H25F3N4O3. The van der Waals surface area contributed by atoms with Crippen LogP contribution in [0.25, 0.3) is 0 Å². The third-order valence-electron chi connectivity index (χ3n) is 4.17. The fraction of sp³-hybridized carbons (Fsp3) is 0.318. The number of benzene rings is 2. The van der Waals surface area contributed by atoms with E-state index in [1.807, 2.05) is 6.92 Å². The minimum atomic E-state index is -4.75. The van der Waals surface area contributed by atoms with Gasteiger partial charge in [0.15, 0.2) is 0 Å². The highest BCUT2D eigenvalue weighted by atomic mass is 19.4. The maximum atomic E-state index is 12.2. The Labute approximate surface area is 184 Å². The number of carbonyl (C=O) groups excluding carboxylic acids is 1. The Hall–Kier alpha value is -3.56. The van der Waals surface area contributed by atoms with Gasteiger partial charge in [0.2, 0.25) is 0 Å². The molecule has 172 valence electrons. The number of aliphatic imine (C=N–C) groups is 2. The van der Waals surface area contributed by atoms with Gasteiger partial charge in [0.1, 0.15) is 24.0 Å². The number of unbranched alkanes of at least 4 members (excludes halogenated alkanes) is 1. The van der Waals surface area contributed by atoms with Gasteiger partial charge in [-0.2, -0.15) is 0 Å². The summed E-state index contributed by atoms with van der Waals surface area (Å²) in [4.78, 5) is 19.9. The summed E-state index contributed by atoms with van der Waals surface area (Å²) in [6.45, 7) is 3.92. The number of nitrogens with one attached hydrogen (secondary N) is 1. The number of hydrogen-bond acceptors (Lipinski definition) is 4. The molecule has 0 fully saturated rings. The number of hydrogen-bond donors (Lipinski definition) is 2. The lowest BCUT2D eigenvalue weighted by atomic mass is 10.2. The molecule has 3 N–H and O–H groups in total. The van der Waals surface area contributed by atoms with Gasteiger partial charge in [-0.15, -0.1) is 13.2 Å². The average Bonchev–Trinajstić information content (AvgIpc) is 2.72. The van der Waals surface area contributed by atoms with Gasteiger partial charge >= 0.3 is 12.5 Å². The summed E-state index contributed by atoms with van der Waals surface area (Å²) in [6, 6.07) is 11.7. The normalized spacial score (nSPS) is 13.1. The van der Waals surface area contributed by atoms with Crippen molar-refractivity contribution in [3.05, 3.63) is 54.1 Å². The first kappa shape index (κ1) is 24.7. The van der Waals surface area contributed by atoms with Crippen molar-refractivity contribution in [2.75, 3.05) is 5.32 Å². The first-order valence-electron chi connectivity index (χ1n) is 9.96. The molecule has 0 heterocycles. The van der Waals surface area contributed by atoms with E-state index in [4.69, 9.17) is 10.5 Å². The number of amides is 1. The highest BCUT2D eigenvalue weighted by Gasteiger charge is 2.30. The van der Waals surface area contributed by atoms with Gasteiger partial charge in [-0.05, 0) is 61.9 Å². The van der Waals surface area contributed by atoms with Crippen molar-refractivity contribution in [2.45, 2.75) is 45.6 Å². The fourth-order valence-electron chi connectivity index (χ4n) is 2.57. The number of rotatable bonds is 9. The molecule has 0 radical (unpaired) electrons. The number of ether oxygens (including phenoxy) is 2. The molecule has 7 nitrogen and oxygen atoms in total. The van der Waals surface area contributed by atoms with E-state index in [-0.39, 0.29) is 17.7 Å². The van der Waals surface area contributed by atoms with Crippen LogP contribution in [0.4, 0.5) is 29.3 Å². The molecule has 0 aliphatic rings. The van der Waals surface area contributed by atoms with Crippen LogP contribution in [0.3, 0.4) is 0 Å². The molecule has 2 rings (SSSR count). The van der Waals surface area contributed by atoms with Gasteiger partial charge in [0.05, 0.1) is 5.69 Å². The second-order valence-corrected chi connectivity index (χ2v) is 6.86. The lowest BCUT2D eigenvalue weighted by Gasteiger charge is -2.13. The van der Waals surface area contributed by atoms with E-state index in [0.29, 0.717) is 16.9 Å². The second kappa shape index (κ2) is 11.7. The van der Waals surface area contributed by atoms with Crippen molar-refractivity contribution in [3.63, 3.8) is 0 Å². The van der Waals surface area contributed by atoms with E-state index in [2.05, 4.69) is 27.0 Å². The Bertz CT molecular complexity index is 927. The van der Waals surface area contributed by atoms with Crippen molar-refractivity contribution < 1.29 is 27.4 Å². The van der Waals surface area contributed by atoms with E-state index in [1.54, 1.807) is 24.3 Å². The molecule has 1 unspecified atom stereocenters. The molecule has 0 saturated heterocycles. The standard InChI is InChI=1S/C22H25F3N4O3/c1-3-4-5-15(2)31-21(30)29-18-8-6-16(7-9-18)20(26)28-14-27-17-10-12-19(13-11-17)32-22(23,24)25/h6-15H,3-5H2,1-2H3,(H,29,30)(H2,26,27,28). The van der Waals surface area contributed by atoms with Gasteiger partial charge in [-0.3, -0.25) is 5.32 Å². The van der Waals surface area contributed by atoms with Gasteiger partial charge < -0.3 is 15.2 Å². The van der Waals surface area contributed by atoms with Crippen LogP contribution in [0.5, 0.6) is 5.75 Å². The van der Waals surface area contributed by atoms with Crippen LogP contribution < -0.4 is 15.8 Å². The third kappa shape index (κ3) is 9.07. The van der Waals surface area contributed by atoms with E-state index in [0.717, 1.165) is 31.4 Å². The van der Waals surface area contributed by atoms with E-state index in [1.165, 1.54) is 18.5 Å². The van der Waals surface area contributed by atoms with Crippen molar-refractivity contribution in [2.24, 2.45) is 15.7 Å². The summed E-state index contributed by atoms with van der Waals surface area (Å²) in [5.41, 5.74) is 7.44. The third-order valence-corrected chi connectivity index (χ3v) is 4.17. The maximum absolute atomic E-state index is 12.2. The van der Waals surface area contributed by atoms with Crippen molar-refractivity contribution in [1.82, 2.24) is 0 Å². The molecule has 1 atom stereocenters. The van der Waals surface area contributed by atoms with Gasteiger partial charge in [-0.25, -0.2) is 14.8 Å². The summed E-state index contributed by atoms with van der Waals surface area (Å²) >= 11 is 0. The lowest BCUT2D eigenvalue weighted by molar-refractivity contribution is -0.274. The van der Waals surface area contributed by atoms with E-state index < -0.39 is 12.5 Å². The molecule has 32 heavy (non-hydrogen) atoms. The maximum Gasteiger partial charge on any atom is 0.573 e. The summed E-state index contributed by atoms with van der Waals surface area (Å²) in [5.74, 6) is -0.166. The Balaban J connectivity index is 1.90. The van der Waals surface area contributed by atoms with Crippen molar-refractivity contribution in [3.8, 4) is 5.75 Å². The molecule has 2 aromatic rings. The molecule has 10 heteroatoms. The Morgan fingerprint density at radius 2 is 1.81 bits per heavy atom. The molecule has 0 saturated carbocycles. The first-order valence-corrected chi connectivity index (χ1v) is 9.96. The first-order chi connectivity index (χ1) is 15.2. The molecule has 0 aliphatic carbocycles. The minimum absolute atomic E-state index is 0.162. The van der Waals surface area contributed by atoms with Gasteiger partial charge in [-0.1, -0.05) is 19.8 Å². The summed E-state index contributed by atoms with van der Waals surface area (Å²) in [6.07, 6.45) is -1.41. The zero-order chi connectivity index (χ0) is 23.6. The molecule has 0 bridgehead atoms. The smallest absolute Gasteiger partial charge is 0.446 e. The number of anilines is 1. The zero-order valence-electron chi connectivity index (χ0n) is 17.7. The molecular weight excluding hydrogens is 425 g/mol.